The van der Waals surface area contributed by atoms with Gasteiger partial charge in [0.25, 0.3) is 0 Å². The van der Waals surface area contributed by atoms with Crippen molar-refractivity contribution < 1.29 is 19.4 Å². The maximum atomic E-state index is 11.5. The van der Waals surface area contributed by atoms with E-state index in [1.165, 1.54) is 57.9 Å². The van der Waals surface area contributed by atoms with Gasteiger partial charge in [-0.2, -0.15) is 0 Å². The zero-order valence-corrected chi connectivity index (χ0v) is 19.2. The van der Waals surface area contributed by atoms with Crippen LogP contribution in [-0.4, -0.2) is 23.1 Å². The number of esters is 1. The van der Waals surface area contributed by atoms with Crippen LogP contribution in [-0.2, 0) is 14.3 Å². The van der Waals surface area contributed by atoms with E-state index in [2.05, 4.69) is 20.8 Å². The summed E-state index contributed by atoms with van der Waals surface area (Å²) in [6, 6.07) is 0. The minimum absolute atomic E-state index is 0.128. The smallest absolute Gasteiger partial charge is 0.327 e. The Bertz CT molecular complexity index is 714. The predicted octanol–water partition coefficient (Wildman–Crippen LogP) is 5.85. The molecule has 4 nitrogen and oxygen atoms in total. The highest BCUT2D eigenvalue weighted by molar-refractivity contribution is 5.79. The molecular formula is C26H40O4. The summed E-state index contributed by atoms with van der Waals surface area (Å²) < 4.78 is 5.60. The van der Waals surface area contributed by atoms with Crippen LogP contribution in [0.3, 0.4) is 0 Å². The molecule has 4 rings (SSSR count). The van der Waals surface area contributed by atoms with Crippen LogP contribution in [0.5, 0.6) is 0 Å². The molecule has 0 radical (unpaired) electrons. The maximum Gasteiger partial charge on any atom is 0.327 e. The van der Waals surface area contributed by atoms with Crippen molar-refractivity contribution >= 4 is 11.9 Å². The van der Waals surface area contributed by atoms with Crippen LogP contribution in [0.2, 0.25) is 0 Å². The number of fused-ring (bicyclic) bond motifs is 5. The Kier molecular flexibility index (Phi) is 5.83. The quantitative estimate of drug-likeness (QED) is 0.461. The Balaban J connectivity index is 1.50. The van der Waals surface area contributed by atoms with Crippen LogP contribution in [0, 0.1) is 46.3 Å². The number of rotatable bonds is 4. The van der Waals surface area contributed by atoms with Crippen molar-refractivity contribution in [3.63, 3.8) is 0 Å². The lowest BCUT2D eigenvalue weighted by Crippen LogP contribution is -2.54. The topological polar surface area (TPSA) is 63.6 Å². The molecule has 9 atom stereocenters. The molecule has 4 fully saturated rings. The van der Waals surface area contributed by atoms with Gasteiger partial charge in [0.05, 0.1) is 0 Å². The second kappa shape index (κ2) is 7.98. The van der Waals surface area contributed by atoms with Crippen LogP contribution in [0.4, 0.5) is 0 Å². The van der Waals surface area contributed by atoms with Crippen LogP contribution < -0.4 is 0 Å². The molecular weight excluding hydrogens is 376 g/mol. The third-order valence-corrected chi connectivity index (χ3v) is 10.2. The molecule has 0 aromatic carbocycles. The van der Waals surface area contributed by atoms with Crippen LogP contribution >= 0.6 is 0 Å². The molecule has 30 heavy (non-hydrogen) atoms. The van der Waals surface area contributed by atoms with Gasteiger partial charge in [0.2, 0.25) is 0 Å². The first-order valence-corrected chi connectivity index (χ1v) is 12.2. The SMILES string of the molecule is CC(=O)O[C@@H]1CC[C@@]2(C)[C@H](CC[C@@H]3[C@@H]2CC[C@]2(C)[C@@H]([C@H](C)/C=C/C(=O)O)CC[C@@H]32)C1. The summed E-state index contributed by atoms with van der Waals surface area (Å²) in [5.74, 6) is 3.06. The minimum Gasteiger partial charge on any atom is -0.478 e. The van der Waals surface area contributed by atoms with Crippen LogP contribution in [0.1, 0.15) is 85.5 Å². The fraction of sp³-hybridized carbons (Fsp3) is 0.846. The van der Waals surface area contributed by atoms with Crippen molar-refractivity contribution in [1.29, 1.82) is 0 Å². The number of carbonyl (C=O) groups excluding carboxylic acids is 1. The zero-order chi connectivity index (χ0) is 21.7. The fourth-order valence-electron chi connectivity index (χ4n) is 8.83. The summed E-state index contributed by atoms with van der Waals surface area (Å²) >= 11 is 0. The third-order valence-electron chi connectivity index (χ3n) is 10.2. The van der Waals surface area contributed by atoms with Gasteiger partial charge in [0, 0.05) is 13.0 Å². The van der Waals surface area contributed by atoms with E-state index in [-0.39, 0.29) is 12.1 Å². The van der Waals surface area contributed by atoms with Crippen molar-refractivity contribution in [3.05, 3.63) is 12.2 Å². The van der Waals surface area contributed by atoms with Crippen molar-refractivity contribution in [2.45, 2.75) is 91.6 Å². The average molecular weight is 417 g/mol. The number of carbonyl (C=O) groups is 2. The van der Waals surface area contributed by atoms with E-state index < -0.39 is 5.97 Å². The number of hydrogen-bond donors (Lipinski definition) is 1. The van der Waals surface area contributed by atoms with Crippen LogP contribution in [0.15, 0.2) is 12.2 Å². The van der Waals surface area contributed by atoms with Crippen molar-refractivity contribution in [1.82, 2.24) is 0 Å². The molecule has 4 aliphatic rings. The summed E-state index contributed by atoms with van der Waals surface area (Å²) in [4.78, 5) is 22.5. The van der Waals surface area contributed by atoms with Crippen LogP contribution in [0.25, 0.3) is 0 Å². The molecule has 0 bridgehead atoms. The number of carboxylic acids is 1. The van der Waals surface area contributed by atoms with Gasteiger partial charge in [-0.05, 0) is 104 Å². The normalized spacial score (nSPS) is 46.5. The predicted molar refractivity (Wildman–Crippen MR) is 117 cm³/mol. The molecule has 0 aromatic rings. The zero-order valence-electron chi connectivity index (χ0n) is 19.2. The molecule has 4 aliphatic carbocycles. The third kappa shape index (κ3) is 3.62. The number of carboxylic acid groups (broad SMARTS) is 1. The van der Waals surface area contributed by atoms with E-state index >= 15 is 0 Å². The maximum absolute atomic E-state index is 11.5. The summed E-state index contributed by atoms with van der Waals surface area (Å²) in [5.41, 5.74) is 0.745. The lowest BCUT2D eigenvalue weighted by Gasteiger charge is -2.61. The second-order valence-electron chi connectivity index (χ2n) is 11.4. The Hall–Kier alpha value is -1.32. The van der Waals surface area contributed by atoms with E-state index in [9.17, 15) is 9.59 Å². The first-order chi connectivity index (χ1) is 14.1. The molecule has 0 heterocycles. The van der Waals surface area contributed by atoms with Gasteiger partial charge in [-0.3, -0.25) is 4.79 Å². The van der Waals surface area contributed by atoms with E-state index in [0.29, 0.717) is 28.6 Å². The van der Waals surface area contributed by atoms with Gasteiger partial charge in [0.15, 0.2) is 0 Å². The van der Waals surface area contributed by atoms with Gasteiger partial charge in [-0.25, -0.2) is 4.79 Å². The molecule has 4 saturated carbocycles. The number of allylic oxidation sites excluding steroid dienone is 1. The molecule has 168 valence electrons. The molecule has 0 aliphatic heterocycles. The first-order valence-electron chi connectivity index (χ1n) is 12.2. The van der Waals surface area contributed by atoms with Gasteiger partial charge < -0.3 is 9.84 Å². The Morgan fingerprint density at radius 1 is 1.00 bits per heavy atom. The average Bonchev–Trinajstić information content (AvgIpc) is 3.03. The molecule has 0 unspecified atom stereocenters. The fourth-order valence-corrected chi connectivity index (χ4v) is 8.83. The minimum atomic E-state index is -0.833. The highest BCUT2D eigenvalue weighted by Gasteiger charge is 2.60. The van der Waals surface area contributed by atoms with Gasteiger partial charge in [0.1, 0.15) is 6.10 Å². The van der Waals surface area contributed by atoms with Crippen molar-refractivity contribution in [3.8, 4) is 0 Å². The molecule has 0 saturated heterocycles. The monoisotopic (exact) mass is 416 g/mol. The van der Waals surface area contributed by atoms with Gasteiger partial charge in [-0.1, -0.05) is 26.8 Å². The van der Waals surface area contributed by atoms with E-state index in [1.54, 1.807) is 0 Å². The Morgan fingerprint density at radius 3 is 2.40 bits per heavy atom. The van der Waals surface area contributed by atoms with Crippen molar-refractivity contribution in [2.24, 2.45) is 46.3 Å². The summed E-state index contributed by atoms with van der Waals surface area (Å²) in [6.07, 6.45) is 14.4. The van der Waals surface area contributed by atoms with Crippen molar-refractivity contribution in [2.75, 3.05) is 0 Å². The summed E-state index contributed by atoms with van der Waals surface area (Å²) in [7, 11) is 0. The van der Waals surface area contributed by atoms with Gasteiger partial charge >= 0.3 is 11.9 Å². The number of ether oxygens (including phenoxy) is 1. The lowest BCUT2D eigenvalue weighted by molar-refractivity contribution is -0.160. The Labute approximate surface area is 181 Å². The van der Waals surface area contributed by atoms with E-state index in [0.717, 1.165) is 30.6 Å². The molecule has 0 amide bonds. The van der Waals surface area contributed by atoms with E-state index in [1.807, 2.05) is 6.08 Å². The lowest BCUT2D eigenvalue weighted by atomic mass is 9.44. The highest BCUT2D eigenvalue weighted by Crippen LogP contribution is 2.68. The first kappa shape index (κ1) is 21.9. The standard InChI is InChI=1S/C26H40O4/c1-16(5-10-24(28)29)21-8-9-22-20-7-6-18-15-19(30-17(2)27)11-13-25(18,3)23(20)12-14-26(21,22)4/h5,10,16,18-23H,6-9,11-15H2,1-4H3,(H,28,29)/b10-5+/t16-,18-,19-,20+,21-,22+,23+,25+,26-/m1/s1. The van der Waals surface area contributed by atoms with Gasteiger partial charge in [-0.15, -0.1) is 0 Å². The molecule has 0 spiro atoms. The number of hydrogen-bond acceptors (Lipinski definition) is 3. The molecule has 0 aromatic heterocycles. The highest BCUT2D eigenvalue weighted by atomic mass is 16.5. The number of aliphatic carboxylic acids is 1. The second-order valence-corrected chi connectivity index (χ2v) is 11.4. The molecule has 4 heteroatoms. The van der Waals surface area contributed by atoms with E-state index in [4.69, 9.17) is 9.84 Å². The Morgan fingerprint density at radius 2 is 1.70 bits per heavy atom. The largest absolute Gasteiger partial charge is 0.478 e. The molecule has 1 N–H and O–H groups in total. The summed E-state index contributed by atoms with van der Waals surface area (Å²) in [6.45, 7) is 8.82. The summed E-state index contributed by atoms with van der Waals surface area (Å²) in [5, 5.41) is 9.05.